The molecule has 2 aromatic carbocycles. The smallest absolute Gasteiger partial charge is 0.249 e. The molecular formula is C29H36N6O6. The number of rotatable bonds is 10. The molecule has 12 heteroatoms. The molecule has 0 bridgehead atoms. The monoisotopic (exact) mass is 564 g/mol. The van der Waals surface area contributed by atoms with Crippen molar-refractivity contribution in [3.63, 3.8) is 0 Å². The highest BCUT2D eigenvalue weighted by molar-refractivity contribution is 5.95. The number of aryl methyl sites for hydroxylation is 1. The normalized spacial score (nSPS) is 14.7. The van der Waals surface area contributed by atoms with Gasteiger partial charge in [0.2, 0.25) is 28.9 Å². The number of benzene rings is 1. The summed E-state index contributed by atoms with van der Waals surface area (Å²) in [5.41, 5.74) is 2.91. The van der Waals surface area contributed by atoms with Gasteiger partial charge in [0.25, 0.3) is 0 Å². The third-order valence-electron chi connectivity index (χ3n) is 6.93. The largest absolute Gasteiger partial charge is 0.493 e. The Hall–Kier alpha value is -4.61. The molecule has 0 fully saturated rings. The van der Waals surface area contributed by atoms with E-state index in [-0.39, 0.29) is 34.8 Å². The Balaban J connectivity index is 1.87. The van der Waals surface area contributed by atoms with Crippen molar-refractivity contribution >= 4 is 23.5 Å². The van der Waals surface area contributed by atoms with E-state index < -0.39 is 12.1 Å². The maximum absolute atomic E-state index is 13.7. The fraction of sp³-hybridized carbons (Fsp3) is 0.414. The van der Waals surface area contributed by atoms with Gasteiger partial charge in [-0.3, -0.25) is 19.7 Å². The zero-order valence-electron chi connectivity index (χ0n) is 24.1. The first-order valence-electron chi connectivity index (χ1n) is 13.4. The molecule has 0 spiro atoms. The van der Waals surface area contributed by atoms with E-state index >= 15 is 0 Å². The molecule has 12 nitrogen and oxygen atoms in total. The van der Waals surface area contributed by atoms with Crippen LogP contribution in [0.25, 0.3) is 11.1 Å². The molecule has 1 aromatic heterocycles. The van der Waals surface area contributed by atoms with Gasteiger partial charge in [-0.2, -0.15) is 10.1 Å². The van der Waals surface area contributed by atoms with Gasteiger partial charge >= 0.3 is 0 Å². The van der Waals surface area contributed by atoms with Crippen LogP contribution in [0, 0.1) is 5.92 Å². The molecule has 1 aliphatic rings. The van der Waals surface area contributed by atoms with Gasteiger partial charge in [0.1, 0.15) is 12.4 Å². The molecule has 4 rings (SSSR count). The number of hydrogen-bond acceptors (Lipinski definition) is 9. The first kappa shape index (κ1) is 29.4. The number of nitrogens with zero attached hydrogens (tertiary/aromatic N) is 2. The molecular weight excluding hydrogens is 528 g/mol. The van der Waals surface area contributed by atoms with Crippen molar-refractivity contribution in [2.45, 2.75) is 52.1 Å². The summed E-state index contributed by atoms with van der Waals surface area (Å²) in [4.78, 5) is 43.0. The van der Waals surface area contributed by atoms with Crippen LogP contribution in [0.1, 0.15) is 50.8 Å². The summed E-state index contributed by atoms with van der Waals surface area (Å²) in [5.74, 6) is 1.19. The molecule has 0 unspecified atom stereocenters. The molecule has 2 amide bonds. The highest BCUT2D eigenvalue weighted by Crippen LogP contribution is 2.50. The number of nitrogens with one attached hydrogen (secondary N) is 4. The molecule has 2 atom stereocenters. The summed E-state index contributed by atoms with van der Waals surface area (Å²) < 4.78 is 17.1. The van der Waals surface area contributed by atoms with Crippen LogP contribution in [0.3, 0.4) is 0 Å². The van der Waals surface area contributed by atoms with Crippen molar-refractivity contribution in [3.05, 3.63) is 51.9 Å². The summed E-state index contributed by atoms with van der Waals surface area (Å²) in [5, 5.41) is 15.2. The van der Waals surface area contributed by atoms with E-state index in [0.717, 1.165) is 11.1 Å². The van der Waals surface area contributed by atoms with E-state index in [1.54, 1.807) is 20.3 Å². The van der Waals surface area contributed by atoms with Gasteiger partial charge in [-0.05, 0) is 60.1 Å². The minimum atomic E-state index is -0.729. The highest BCUT2D eigenvalue weighted by atomic mass is 16.5. The van der Waals surface area contributed by atoms with Gasteiger partial charge in [-0.25, -0.2) is 5.10 Å². The third kappa shape index (κ3) is 6.42. The van der Waals surface area contributed by atoms with Crippen LogP contribution in [0.15, 0.2) is 35.4 Å². The molecule has 0 saturated carbocycles. The predicted molar refractivity (Wildman–Crippen MR) is 155 cm³/mol. The molecule has 0 aliphatic heterocycles. The van der Waals surface area contributed by atoms with Gasteiger partial charge in [-0.15, -0.1) is 0 Å². The highest BCUT2D eigenvalue weighted by Gasteiger charge is 2.30. The Morgan fingerprint density at radius 3 is 2.46 bits per heavy atom. The van der Waals surface area contributed by atoms with E-state index in [1.807, 2.05) is 26.0 Å². The summed E-state index contributed by atoms with van der Waals surface area (Å²) in [6.45, 7) is 5.43. The average Bonchev–Trinajstić information content (AvgIpc) is 3.34. The first-order chi connectivity index (χ1) is 19.7. The van der Waals surface area contributed by atoms with E-state index in [2.05, 4.69) is 31.1 Å². The number of fused-ring (bicyclic) bond motifs is 3. The number of carbonyl (C=O) groups excluding carboxylic acids is 2. The minimum Gasteiger partial charge on any atom is -0.493 e. The lowest BCUT2D eigenvalue weighted by Gasteiger charge is -2.20. The second-order valence-corrected chi connectivity index (χ2v) is 10.2. The maximum Gasteiger partial charge on any atom is 0.249 e. The van der Waals surface area contributed by atoms with Crippen LogP contribution in [-0.4, -0.2) is 54.4 Å². The second-order valence-electron chi connectivity index (χ2n) is 10.2. The number of carbonyl (C=O) groups is 2. The predicted octanol–water partition coefficient (Wildman–Crippen LogP) is 3.45. The number of ether oxygens (including phenoxy) is 3. The molecule has 218 valence electrons. The zero-order chi connectivity index (χ0) is 29.7. The van der Waals surface area contributed by atoms with Crippen LogP contribution in [-0.2, 0) is 16.0 Å². The fourth-order valence-electron chi connectivity index (χ4n) is 5.19. The number of methoxy groups -OCH3 is 3. The number of H-pyrrole nitrogens is 1. The van der Waals surface area contributed by atoms with Gasteiger partial charge in [-0.1, -0.05) is 19.9 Å². The quantitative estimate of drug-likeness (QED) is 0.290. The van der Waals surface area contributed by atoms with Crippen molar-refractivity contribution in [2.24, 2.45) is 5.92 Å². The summed E-state index contributed by atoms with van der Waals surface area (Å²) >= 11 is 0. The lowest BCUT2D eigenvalue weighted by Crippen LogP contribution is -2.37. The molecule has 0 saturated heterocycles. The second kappa shape index (κ2) is 12.7. The maximum atomic E-state index is 13.7. The van der Waals surface area contributed by atoms with Crippen molar-refractivity contribution in [3.8, 4) is 28.4 Å². The van der Waals surface area contributed by atoms with E-state index in [1.165, 1.54) is 26.4 Å². The van der Waals surface area contributed by atoms with Crippen LogP contribution in [0.5, 0.6) is 17.2 Å². The summed E-state index contributed by atoms with van der Waals surface area (Å²) in [6.07, 6.45) is 2.88. The minimum absolute atomic E-state index is 0.153. The van der Waals surface area contributed by atoms with Crippen molar-refractivity contribution in [1.82, 2.24) is 20.5 Å². The van der Waals surface area contributed by atoms with Crippen molar-refractivity contribution in [1.29, 1.82) is 0 Å². The Labute approximate surface area is 238 Å². The van der Waals surface area contributed by atoms with Gasteiger partial charge in [0.15, 0.2) is 11.5 Å². The van der Waals surface area contributed by atoms with Crippen LogP contribution in [0.2, 0.25) is 0 Å². The van der Waals surface area contributed by atoms with Crippen LogP contribution in [0.4, 0.5) is 11.6 Å². The SMILES string of the molecule is COc1cc2c(c(OC)c1OC)-c1ccc(N[C@H](CC(C)C)C(=O)Nc3ncn[nH]3)c(=O)cc1[C@H](NC(C)=O)CC2. The standard InChI is InChI=1S/C29H36N6O6/c1-15(2)11-22(28(38)34-29-30-14-31-35-29)33-21-10-8-18-19(13-23(21)37)20(32-16(3)36)9-7-17-12-24(39-4)26(40-5)27(41-6)25(17)18/h8,10,12-15,20,22H,7,9,11H2,1-6H3,(H,32,36)(H,33,37)(H2,30,31,34,35,38)/t20-,22-/m1/s1. The zero-order valence-corrected chi connectivity index (χ0v) is 24.1. The van der Waals surface area contributed by atoms with Gasteiger partial charge in [0.05, 0.1) is 33.1 Å². The Bertz CT molecular complexity index is 1470. The molecule has 0 radical (unpaired) electrons. The molecule has 1 aliphatic carbocycles. The van der Waals surface area contributed by atoms with E-state index in [4.69, 9.17) is 14.2 Å². The average molecular weight is 565 g/mol. The van der Waals surface area contributed by atoms with Crippen LogP contribution >= 0.6 is 0 Å². The lowest BCUT2D eigenvalue weighted by molar-refractivity contribution is -0.120. The summed E-state index contributed by atoms with van der Waals surface area (Å²) in [7, 11) is 4.64. The Morgan fingerprint density at radius 1 is 1.10 bits per heavy atom. The lowest BCUT2D eigenvalue weighted by atomic mass is 9.95. The molecule has 41 heavy (non-hydrogen) atoms. The van der Waals surface area contributed by atoms with E-state index in [9.17, 15) is 14.4 Å². The number of aromatic amines is 1. The number of aromatic nitrogens is 3. The van der Waals surface area contributed by atoms with Crippen molar-refractivity contribution in [2.75, 3.05) is 32.0 Å². The number of hydrogen-bond donors (Lipinski definition) is 4. The Kier molecular flexibility index (Phi) is 9.10. The number of anilines is 2. The van der Waals surface area contributed by atoms with Crippen LogP contribution < -0.4 is 35.6 Å². The third-order valence-corrected chi connectivity index (χ3v) is 6.93. The Morgan fingerprint density at radius 2 is 1.85 bits per heavy atom. The molecule has 3 aromatic rings. The van der Waals surface area contributed by atoms with E-state index in [0.29, 0.717) is 47.6 Å². The van der Waals surface area contributed by atoms with Gasteiger partial charge < -0.3 is 24.8 Å². The van der Waals surface area contributed by atoms with Gasteiger partial charge in [0, 0.05) is 12.5 Å². The fourth-order valence-corrected chi connectivity index (χ4v) is 5.19. The molecule has 1 heterocycles. The summed E-state index contributed by atoms with van der Waals surface area (Å²) in [6, 6.07) is 5.72. The molecule has 4 N–H and O–H groups in total. The topological polar surface area (TPSA) is 157 Å². The van der Waals surface area contributed by atoms with Crippen molar-refractivity contribution < 1.29 is 23.8 Å². The number of amides is 2. The first-order valence-corrected chi connectivity index (χ1v) is 13.4.